The lowest BCUT2D eigenvalue weighted by Crippen LogP contribution is -2.32. The lowest BCUT2D eigenvalue weighted by atomic mass is 10.4. The summed E-state index contributed by atoms with van der Waals surface area (Å²) in [6.45, 7) is 4.26. The highest BCUT2D eigenvalue weighted by Crippen LogP contribution is 1.84. The van der Waals surface area contributed by atoms with E-state index in [2.05, 4.69) is 4.89 Å². The molecule has 100 valence electrons. The molecule has 0 aliphatic carbocycles. The molecule has 0 aromatic heterocycles. The van der Waals surface area contributed by atoms with Crippen molar-refractivity contribution in [3.05, 3.63) is 0 Å². The van der Waals surface area contributed by atoms with Crippen molar-refractivity contribution < 1.29 is 25.5 Å². The molecule has 16 heavy (non-hydrogen) atoms. The monoisotopic (exact) mass is 239 g/mol. The molecule has 4 N–H and O–H groups in total. The molecule has 0 saturated carbocycles. The first-order valence-electron chi connectivity index (χ1n) is 5.58. The van der Waals surface area contributed by atoms with Crippen LogP contribution < -0.4 is 0 Å². The van der Waals surface area contributed by atoms with Gasteiger partial charge in [0.1, 0.15) is 0 Å². The summed E-state index contributed by atoms with van der Waals surface area (Å²) in [6.07, 6.45) is 2.01. The highest BCUT2D eigenvalue weighted by Gasteiger charge is 2.00. The van der Waals surface area contributed by atoms with Gasteiger partial charge in [-0.15, -0.1) is 0 Å². The van der Waals surface area contributed by atoms with Crippen molar-refractivity contribution in [2.75, 3.05) is 46.1 Å². The van der Waals surface area contributed by atoms with Crippen molar-refractivity contribution in [3.63, 3.8) is 0 Å². The zero-order valence-corrected chi connectivity index (χ0v) is 10.0. The molecule has 6 heteroatoms. The van der Waals surface area contributed by atoms with Crippen molar-refractivity contribution in [1.82, 2.24) is 4.90 Å². The molecular formula is C10H25NO5. The molecule has 0 heterocycles. The number of rotatable bonds is 9. The molecule has 0 radical (unpaired) electrons. The van der Waals surface area contributed by atoms with Gasteiger partial charge in [-0.2, -0.15) is 0 Å². The Morgan fingerprint density at radius 1 is 0.938 bits per heavy atom. The summed E-state index contributed by atoms with van der Waals surface area (Å²) in [5.74, 6) is 0. The minimum absolute atomic E-state index is 0.0694. The molecule has 0 saturated heterocycles. The van der Waals surface area contributed by atoms with Gasteiger partial charge in [0.05, 0.1) is 26.4 Å². The van der Waals surface area contributed by atoms with Crippen LogP contribution >= 0.6 is 0 Å². The molecule has 0 spiro atoms. The number of aliphatic hydroxyl groups excluding tert-OH is 3. The van der Waals surface area contributed by atoms with Gasteiger partial charge in [-0.3, -0.25) is 10.2 Å². The van der Waals surface area contributed by atoms with Crippen LogP contribution in [0.25, 0.3) is 0 Å². The van der Waals surface area contributed by atoms with Crippen molar-refractivity contribution in [2.45, 2.75) is 19.8 Å². The molecule has 0 bridgehead atoms. The van der Waals surface area contributed by atoms with E-state index in [-0.39, 0.29) is 19.8 Å². The Labute approximate surface area is 97.0 Å². The molecule has 0 aromatic carbocycles. The molecule has 0 atom stereocenters. The van der Waals surface area contributed by atoms with Gasteiger partial charge >= 0.3 is 0 Å². The van der Waals surface area contributed by atoms with Crippen LogP contribution in [-0.2, 0) is 4.89 Å². The van der Waals surface area contributed by atoms with Crippen LogP contribution in [0.5, 0.6) is 0 Å². The minimum atomic E-state index is 0.0694. The first-order valence-corrected chi connectivity index (χ1v) is 5.58. The molecule has 0 fully saturated rings. The van der Waals surface area contributed by atoms with Gasteiger partial charge in [-0.1, -0.05) is 13.3 Å². The van der Waals surface area contributed by atoms with Gasteiger partial charge < -0.3 is 15.3 Å². The van der Waals surface area contributed by atoms with Gasteiger partial charge in [0.15, 0.2) is 0 Å². The van der Waals surface area contributed by atoms with E-state index in [0.29, 0.717) is 26.2 Å². The zero-order valence-electron chi connectivity index (χ0n) is 10.0. The van der Waals surface area contributed by atoms with Crippen LogP contribution in [0.4, 0.5) is 0 Å². The Hall–Kier alpha value is -0.240. The van der Waals surface area contributed by atoms with Crippen molar-refractivity contribution in [3.8, 4) is 0 Å². The van der Waals surface area contributed by atoms with Crippen LogP contribution in [0, 0.1) is 0 Å². The molecule has 0 amide bonds. The standard InChI is InChI=1S/C6H15NO3.C4H10O2/c8-4-1-7(2-5-9)3-6-10;1-2-3-4-6-5/h8-10H,1-6H2;5H,2-4H2,1H3. The fraction of sp³-hybridized carbons (Fsp3) is 1.00. The van der Waals surface area contributed by atoms with Crippen molar-refractivity contribution in [2.24, 2.45) is 0 Å². The van der Waals surface area contributed by atoms with Gasteiger partial charge in [-0.05, 0) is 6.42 Å². The van der Waals surface area contributed by atoms with E-state index >= 15 is 0 Å². The number of unbranched alkanes of at least 4 members (excludes halogenated alkanes) is 1. The van der Waals surface area contributed by atoms with Crippen LogP contribution in [0.2, 0.25) is 0 Å². The molecule has 6 nitrogen and oxygen atoms in total. The number of hydrogen-bond acceptors (Lipinski definition) is 6. The lowest BCUT2D eigenvalue weighted by molar-refractivity contribution is -0.242. The molecule has 0 aromatic rings. The number of hydrogen-bond donors (Lipinski definition) is 4. The third-order valence-corrected chi connectivity index (χ3v) is 1.84. The number of nitrogens with zero attached hydrogens (tertiary/aromatic N) is 1. The van der Waals surface area contributed by atoms with Crippen molar-refractivity contribution >= 4 is 0 Å². The van der Waals surface area contributed by atoms with E-state index in [9.17, 15) is 0 Å². The summed E-state index contributed by atoms with van der Waals surface area (Å²) in [7, 11) is 0. The van der Waals surface area contributed by atoms with Gasteiger partial charge in [-0.25, -0.2) is 4.89 Å². The minimum Gasteiger partial charge on any atom is -0.395 e. The largest absolute Gasteiger partial charge is 0.395 e. The van der Waals surface area contributed by atoms with Crippen LogP contribution in [-0.4, -0.2) is 71.5 Å². The van der Waals surface area contributed by atoms with Gasteiger partial charge in [0, 0.05) is 19.6 Å². The Bertz CT molecular complexity index is 97.1. The quantitative estimate of drug-likeness (QED) is 0.247. The summed E-state index contributed by atoms with van der Waals surface area (Å²) in [5, 5.41) is 33.2. The second-order valence-corrected chi connectivity index (χ2v) is 3.20. The highest BCUT2D eigenvalue weighted by molar-refractivity contribution is 4.54. The third kappa shape index (κ3) is 16.2. The first kappa shape index (κ1) is 18.1. The molecular weight excluding hydrogens is 214 g/mol. The molecule has 0 unspecified atom stereocenters. The summed E-state index contributed by atoms with van der Waals surface area (Å²) >= 11 is 0. The van der Waals surface area contributed by atoms with Crippen LogP contribution in [0.15, 0.2) is 0 Å². The lowest BCUT2D eigenvalue weighted by Gasteiger charge is -2.17. The van der Waals surface area contributed by atoms with E-state index < -0.39 is 0 Å². The average molecular weight is 239 g/mol. The maximum absolute atomic E-state index is 8.48. The molecule has 0 rings (SSSR count). The van der Waals surface area contributed by atoms with Gasteiger partial charge in [0.25, 0.3) is 0 Å². The van der Waals surface area contributed by atoms with E-state index in [4.69, 9.17) is 20.6 Å². The number of aliphatic hydroxyl groups is 3. The first-order chi connectivity index (χ1) is 7.76. The highest BCUT2D eigenvalue weighted by atomic mass is 17.1. The smallest absolute Gasteiger partial charge is 0.0819 e. The third-order valence-electron chi connectivity index (χ3n) is 1.84. The van der Waals surface area contributed by atoms with Crippen LogP contribution in [0.1, 0.15) is 19.8 Å². The Balaban J connectivity index is 0. The normalized spacial score (nSPS) is 10.1. The van der Waals surface area contributed by atoms with E-state index in [1.54, 1.807) is 4.90 Å². The summed E-state index contributed by atoms with van der Waals surface area (Å²) in [4.78, 5) is 5.57. The van der Waals surface area contributed by atoms with E-state index in [1.807, 2.05) is 6.92 Å². The molecule has 0 aliphatic heterocycles. The Morgan fingerprint density at radius 3 is 1.56 bits per heavy atom. The summed E-state index contributed by atoms with van der Waals surface area (Å²) < 4.78 is 0. The fourth-order valence-electron chi connectivity index (χ4n) is 0.969. The fourth-order valence-corrected chi connectivity index (χ4v) is 0.969. The van der Waals surface area contributed by atoms with E-state index in [1.165, 1.54) is 0 Å². The molecule has 0 aliphatic rings. The van der Waals surface area contributed by atoms with Gasteiger partial charge in [0.2, 0.25) is 0 Å². The SMILES string of the molecule is CCCCOO.OCCN(CCO)CCO. The Morgan fingerprint density at radius 2 is 1.38 bits per heavy atom. The maximum atomic E-state index is 8.48. The maximum Gasteiger partial charge on any atom is 0.0819 e. The predicted octanol–water partition coefficient (Wildman–Crippen LogP) is -0.459. The van der Waals surface area contributed by atoms with Crippen LogP contribution in [0.3, 0.4) is 0 Å². The van der Waals surface area contributed by atoms with E-state index in [0.717, 1.165) is 12.8 Å². The summed E-state index contributed by atoms with van der Waals surface area (Å²) in [5.41, 5.74) is 0. The van der Waals surface area contributed by atoms with Crippen molar-refractivity contribution in [1.29, 1.82) is 0 Å². The topological polar surface area (TPSA) is 93.4 Å². The summed E-state index contributed by atoms with van der Waals surface area (Å²) in [6, 6.07) is 0. The second kappa shape index (κ2) is 17.2. The average Bonchev–Trinajstić information content (AvgIpc) is 2.28. The Kier molecular flexibility index (Phi) is 19.5. The zero-order chi connectivity index (χ0) is 12.6. The predicted molar refractivity (Wildman–Crippen MR) is 61.2 cm³/mol. The second-order valence-electron chi connectivity index (χ2n) is 3.20.